The number of nitrogens with zero attached hydrogens (tertiary/aromatic N) is 1. The van der Waals surface area contributed by atoms with Crippen molar-refractivity contribution in [2.24, 2.45) is 5.92 Å². The first kappa shape index (κ1) is 14.5. The number of likely N-dealkylation sites (tertiary alicyclic amines) is 1. The minimum atomic E-state index is -0.210. The Hall–Kier alpha value is -2.10. The zero-order valence-electron chi connectivity index (χ0n) is 13.0. The van der Waals surface area contributed by atoms with Crippen LogP contribution in [0, 0.1) is 11.7 Å². The van der Waals surface area contributed by atoms with Gasteiger partial charge in [0.1, 0.15) is 11.6 Å². The minimum Gasteiger partial charge on any atom is -0.469 e. The van der Waals surface area contributed by atoms with Crippen molar-refractivity contribution in [3.8, 4) is 0 Å². The van der Waals surface area contributed by atoms with Crippen LogP contribution in [0.15, 0.2) is 47.1 Å². The number of benzene rings is 1. The molecule has 2 aliphatic rings. The van der Waals surface area contributed by atoms with Gasteiger partial charge in [0, 0.05) is 24.4 Å². The van der Waals surface area contributed by atoms with E-state index >= 15 is 0 Å². The van der Waals surface area contributed by atoms with Crippen LogP contribution in [-0.4, -0.2) is 23.4 Å². The van der Waals surface area contributed by atoms with Crippen molar-refractivity contribution in [1.82, 2.24) is 4.90 Å². The summed E-state index contributed by atoms with van der Waals surface area (Å²) in [6, 6.07) is 10.7. The van der Waals surface area contributed by atoms with Crippen LogP contribution in [0.3, 0.4) is 0 Å². The monoisotopic (exact) mass is 313 g/mol. The lowest BCUT2D eigenvalue weighted by Crippen LogP contribution is -2.38. The summed E-state index contributed by atoms with van der Waals surface area (Å²) in [7, 11) is 0. The number of amides is 1. The third-order valence-electron chi connectivity index (χ3n) is 5.04. The summed E-state index contributed by atoms with van der Waals surface area (Å²) in [6.07, 6.45) is 5.32. The smallest absolute Gasteiger partial charge is 0.226 e. The standard InChI is InChI=1S/C19H20FNO2/c20-14-5-1-4-13(10-14)11-15-6-2-8-21(15)19(22)17-12-16(17)18-7-3-9-23-18/h1,3-5,7,9-10,15-17H,2,6,8,11-12H2/t15-,16+,17-/m1/s1. The molecule has 1 amide bonds. The highest BCUT2D eigenvalue weighted by molar-refractivity contribution is 5.83. The molecule has 1 aromatic heterocycles. The molecule has 120 valence electrons. The Morgan fingerprint density at radius 2 is 2.22 bits per heavy atom. The summed E-state index contributed by atoms with van der Waals surface area (Å²) in [6.45, 7) is 0.820. The predicted molar refractivity (Wildman–Crippen MR) is 84.4 cm³/mol. The van der Waals surface area contributed by atoms with E-state index in [2.05, 4.69) is 0 Å². The van der Waals surface area contributed by atoms with E-state index in [1.54, 1.807) is 18.4 Å². The second-order valence-corrected chi connectivity index (χ2v) is 6.63. The maximum Gasteiger partial charge on any atom is 0.226 e. The van der Waals surface area contributed by atoms with Crippen molar-refractivity contribution in [1.29, 1.82) is 0 Å². The van der Waals surface area contributed by atoms with Crippen molar-refractivity contribution < 1.29 is 13.6 Å². The number of carbonyl (C=O) groups is 1. The normalized spacial score (nSPS) is 26.5. The maximum atomic E-state index is 13.4. The fourth-order valence-electron chi connectivity index (χ4n) is 3.77. The molecule has 23 heavy (non-hydrogen) atoms. The lowest BCUT2D eigenvalue weighted by Gasteiger charge is -2.25. The second kappa shape index (κ2) is 5.84. The van der Waals surface area contributed by atoms with Crippen LogP contribution >= 0.6 is 0 Å². The van der Waals surface area contributed by atoms with Gasteiger partial charge in [0.2, 0.25) is 5.91 Å². The molecule has 0 unspecified atom stereocenters. The summed E-state index contributed by atoms with van der Waals surface area (Å²) in [5.41, 5.74) is 0.966. The van der Waals surface area contributed by atoms with Crippen molar-refractivity contribution in [2.45, 2.75) is 37.6 Å². The number of hydrogen-bond acceptors (Lipinski definition) is 2. The Morgan fingerprint density at radius 1 is 1.30 bits per heavy atom. The molecule has 1 aliphatic carbocycles. The molecule has 2 aromatic rings. The molecule has 4 heteroatoms. The zero-order chi connectivity index (χ0) is 15.8. The van der Waals surface area contributed by atoms with Gasteiger partial charge in [-0.2, -0.15) is 0 Å². The summed E-state index contributed by atoms with van der Waals surface area (Å²) in [5.74, 6) is 1.26. The molecular formula is C19H20FNO2. The third kappa shape index (κ3) is 2.90. The van der Waals surface area contributed by atoms with Crippen molar-refractivity contribution >= 4 is 5.91 Å². The van der Waals surface area contributed by atoms with Gasteiger partial charge in [-0.15, -0.1) is 0 Å². The molecule has 0 N–H and O–H groups in total. The highest BCUT2D eigenvalue weighted by atomic mass is 19.1. The average Bonchev–Trinajstić information content (AvgIpc) is 2.96. The van der Waals surface area contributed by atoms with Crippen molar-refractivity contribution in [3.05, 3.63) is 59.8 Å². The van der Waals surface area contributed by atoms with Gasteiger partial charge < -0.3 is 9.32 Å². The van der Waals surface area contributed by atoms with E-state index in [1.165, 1.54) is 6.07 Å². The van der Waals surface area contributed by atoms with Gasteiger partial charge in [0.05, 0.1) is 6.26 Å². The van der Waals surface area contributed by atoms with Crippen LogP contribution < -0.4 is 0 Å². The van der Waals surface area contributed by atoms with Crippen LogP contribution in [0.25, 0.3) is 0 Å². The van der Waals surface area contributed by atoms with Gasteiger partial charge >= 0.3 is 0 Å². The number of carbonyl (C=O) groups excluding carboxylic acids is 1. The van der Waals surface area contributed by atoms with Crippen molar-refractivity contribution in [2.75, 3.05) is 6.54 Å². The fourth-order valence-corrected chi connectivity index (χ4v) is 3.77. The maximum absolute atomic E-state index is 13.4. The lowest BCUT2D eigenvalue weighted by atomic mass is 10.0. The van der Waals surface area contributed by atoms with Crippen LogP contribution in [-0.2, 0) is 11.2 Å². The topological polar surface area (TPSA) is 33.5 Å². The lowest BCUT2D eigenvalue weighted by molar-refractivity contribution is -0.133. The molecule has 2 fully saturated rings. The Balaban J connectivity index is 1.43. The molecule has 3 nitrogen and oxygen atoms in total. The quantitative estimate of drug-likeness (QED) is 0.861. The largest absolute Gasteiger partial charge is 0.469 e. The highest BCUT2D eigenvalue weighted by Gasteiger charge is 2.49. The zero-order valence-corrected chi connectivity index (χ0v) is 13.0. The van der Waals surface area contributed by atoms with E-state index in [4.69, 9.17) is 4.42 Å². The van der Waals surface area contributed by atoms with E-state index in [9.17, 15) is 9.18 Å². The van der Waals surface area contributed by atoms with Gasteiger partial charge in [-0.25, -0.2) is 4.39 Å². The second-order valence-electron chi connectivity index (χ2n) is 6.63. The van der Waals surface area contributed by atoms with E-state index in [1.807, 2.05) is 23.1 Å². The van der Waals surface area contributed by atoms with Crippen LogP contribution in [0.4, 0.5) is 4.39 Å². The predicted octanol–water partition coefficient (Wildman–Crippen LogP) is 3.76. The van der Waals surface area contributed by atoms with Gasteiger partial charge in [-0.3, -0.25) is 4.79 Å². The van der Waals surface area contributed by atoms with Crippen LogP contribution in [0.5, 0.6) is 0 Å². The van der Waals surface area contributed by atoms with E-state index in [0.717, 1.165) is 43.6 Å². The molecule has 0 bridgehead atoms. The van der Waals surface area contributed by atoms with E-state index in [0.29, 0.717) is 0 Å². The summed E-state index contributed by atoms with van der Waals surface area (Å²) in [4.78, 5) is 14.8. The molecule has 1 aliphatic heterocycles. The van der Waals surface area contributed by atoms with E-state index < -0.39 is 0 Å². The summed E-state index contributed by atoms with van der Waals surface area (Å²) in [5, 5.41) is 0. The number of furan rings is 1. The van der Waals surface area contributed by atoms with Gasteiger partial charge in [-0.1, -0.05) is 12.1 Å². The molecule has 0 spiro atoms. The van der Waals surface area contributed by atoms with Crippen LogP contribution in [0.1, 0.15) is 36.5 Å². The molecule has 1 aromatic carbocycles. The Morgan fingerprint density at radius 3 is 3.00 bits per heavy atom. The minimum absolute atomic E-state index is 0.0641. The highest BCUT2D eigenvalue weighted by Crippen LogP contribution is 2.49. The third-order valence-corrected chi connectivity index (χ3v) is 5.04. The molecule has 1 saturated heterocycles. The Bertz CT molecular complexity index is 697. The first-order valence-electron chi connectivity index (χ1n) is 8.30. The molecule has 2 heterocycles. The Labute approximate surface area is 135 Å². The van der Waals surface area contributed by atoms with E-state index in [-0.39, 0.29) is 29.6 Å². The van der Waals surface area contributed by atoms with Crippen molar-refractivity contribution in [3.63, 3.8) is 0 Å². The summed E-state index contributed by atoms with van der Waals surface area (Å²) >= 11 is 0. The van der Waals surface area contributed by atoms with Crippen LogP contribution in [0.2, 0.25) is 0 Å². The van der Waals surface area contributed by atoms with Gasteiger partial charge in [-0.05, 0) is 55.5 Å². The first-order valence-corrected chi connectivity index (χ1v) is 8.30. The molecule has 1 saturated carbocycles. The number of halogens is 1. The number of rotatable bonds is 4. The summed E-state index contributed by atoms with van der Waals surface area (Å²) < 4.78 is 18.8. The molecular weight excluding hydrogens is 293 g/mol. The molecule has 4 rings (SSSR count). The number of hydrogen-bond donors (Lipinski definition) is 0. The SMILES string of the molecule is O=C([C@@H]1C[C@@H]1c1ccco1)N1CCC[C@@H]1Cc1cccc(F)c1. The van der Waals surface area contributed by atoms with Gasteiger partial charge in [0.25, 0.3) is 0 Å². The van der Waals surface area contributed by atoms with Gasteiger partial charge in [0.15, 0.2) is 0 Å². The molecule has 0 radical (unpaired) electrons. The first-order chi connectivity index (χ1) is 11.2. The molecule has 3 atom stereocenters. The fraction of sp³-hybridized carbons (Fsp3) is 0.421. The Kier molecular flexibility index (Phi) is 3.68. The average molecular weight is 313 g/mol.